The van der Waals surface area contributed by atoms with Gasteiger partial charge in [0.1, 0.15) is 0 Å². The molecule has 1 heterocycles. The maximum absolute atomic E-state index is 12.5. The molecule has 0 fully saturated rings. The van der Waals surface area contributed by atoms with Crippen LogP contribution in [0, 0.1) is 27.7 Å². The molecule has 5 heteroatoms. The molecule has 138 valence electrons. The van der Waals surface area contributed by atoms with Crippen LogP contribution in [0.25, 0.3) is 5.69 Å². The number of hydrogen-bond donors (Lipinski definition) is 0. The average molecular weight is 362 g/mol. The number of benzene rings is 2. The molecule has 0 amide bonds. The first kappa shape index (κ1) is 18.6. The number of aromatic nitrogens is 2. The van der Waals surface area contributed by atoms with E-state index >= 15 is 0 Å². The molecule has 0 atom stereocenters. The summed E-state index contributed by atoms with van der Waals surface area (Å²) in [7, 11) is 0. The molecule has 0 unspecified atom stereocenters. The number of rotatable bonds is 5. The molecule has 0 aliphatic rings. The van der Waals surface area contributed by atoms with E-state index in [2.05, 4.69) is 5.10 Å². The smallest absolute Gasteiger partial charge is 0.341 e. The Kier molecular flexibility index (Phi) is 5.21. The van der Waals surface area contributed by atoms with E-state index in [1.165, 1.54) is 11.8 Å². The molecule has 1 aromatic heterocycles. The van der Waals surface area contributed by atoms with Crippen molar-refractivity contribution >= 4 is 11.8 Å². The van der Waals surface area contributed by atoms with Crippen LogP contribution in [-0.2, 0) is 4.74 Å². The van der Waals surface area contributed by atoms with Gasteiger partial charge >= 0.3 is 5.97 Å². The zero-order chi connectivity index (χ0) is 19.6. The molecule has 0 saturated heterocycles. The van der Waals surface area contributed by atoms with Crippen molar-refractivity contribution in [2.24, 2.45) is 0 Å². The summed E-state index contributed by atoms with van der Waals surface area (Å²) in [5.41, 5.74) is 5.99. The summed E-state index contributed by atoms with van der Waals surface area (Å²) in [5, 5.41) is 4.17. The molecule has 0 N–H and O–H groups in total. The van der Waals surface area contributed by atoms with E-state index in [9.17, 15) is 9.59 Å². The van der Waals surface area contributed by atoms with E-state index < -0.39 is 5.97 Å². The molecule has 27 heavy (non-hydrogen) atoms. The third-order valence-corrected chi connectivity index (χ3v) is 4.96. The first-order valence-corrected chi connectivity index (χ1v) is 8.76. The number of aryl methyl sites for hydroxylation is 1. The molecule has 0 aliphatic heterocycles. The minimum absolute atomic E-state index is 0.206. The highest BCUT2D eigenvalue weighted by atomic mass is 16.5. The van der Waals surface area contributed by atoms with E-state index in [4.69, 9.17) is 4.74 Å². The van der Waals surface area contributed by atoms with Gasteiger partial charge in [0.25, 0.3) is 0 Å². The van der Waals surface area contributed by atoms with Crippen LogP contribution in [0.5, 0.6) is 0 Å². The number of esters is 1. The van der Waals surface area contributed by atoms with Crippen molar-refractivity contribution in [3.63, 3.8) is 0 Å². The number of para-hydroxylation sites is 1. The fraction of sp³-hybridized carbons (Fsp3) is 0.227. The van der Waals surface area contributed by atoms with E-state index in [0.717, 1.165) is 22.4 Å². The summed E-state index contributed by atoms with van der Waals surface area (Å²) >= 11 is 0. The largest absolute Gasteiger partial charge is 0.454 e. The second kappa shape index (κ2) is 7.58. The normalized spacial score (nSPS) is 10.7. The van der Waals surface area contributed by atoms with Crippen molar-refractivity contribution < 1.29 is 14.3 Å². The number of nitrogens with zero attached hydrogens (tertiary/aromatic N) is 2. The molecule has 0 aliphatic carbocycles. The van der Waals surface area contributed by atoms with E-state index in [-0.39, 0.29) is 12.4 Å². The fourth-order valence-corrected chi connectivity index (χ4v) is 2.94. The monoisotopic (exact) mass is 362 g/mol. The maximum atomic E-state index is 12.5. The van der Waals surface area contributed by atoms with Gasteiger partial charge in [-0.2, -0.15) is 5.10 Å². The number of carbonyl (C=O) groups is 2. The molecule has 0 bridgehead atoms. The summed E-state index contributed by atoms with van der Waals surface area (Å²) < 4.78 is 6.81. The van der Waals surface area contributed by atoms with Crippen molar-refractivity contribution in [2.45, 2.75) is 27.7 Å². The number of hydrogen-bond acceptors (Lipinski definition) is 4. The molecule has 0 saturated carbocycles. The van der Waals surface area contributed by atoms with Gasteiger partial charge in [0, 0.05) is 11.8 Å². The lowest BCUT2D eigenvalue weighted by Gasteiger charge is -2.13. The van der Waals surface area contributed by atoms with Crippen LogP contribution >= 0.6 is 0 Å². The lowest BCUT2D eigenvalue weighted by molar-refractivity contribution is 0.0474. The topological polar surface area (TPSA) is 61.2 Å². The van der Waals surface area contributed by atoms with Crippen molar-refractivity contribution in [3.8, 4) is 5.69 Å². The van der Waals surface area contributed by atoms with Gasteiger partial charge < -0.3 is 4.74 Å². The van der Waals surface area contributed by atoms with Crippen molar-refractivity contribution in [1.82, 2.24) is 9.78 Å². The number of carbonyl (C=O) groups excluding carboxylic acids is 2. The Balaban J connectivity index is 1.70. The quantitative estimate of drug-likeness (QED) is 0.505. The van der Waals surface area contributed by atoms with Crippen LogP contribution in [0.3, 0.4) is 0 Å². The molecule has 0 spiro atoms. The Morgan fingerprint density at radius 3 is 2.41 bits per heavy atom. The van der Waals surface area contributed by atoms with Crippen LogP contribution in [0.15, 0.2) is 48.8 Å². The molecule has 3 aromatic rings. The molecule has 3 rings (SSSR count). The predicted octanol–water partition coefficient (Wildman–Crippen LogP) is 4.15. The zero-order valence-corrected chi connectivity index (χ0v) is 15.9. The summed E-state index contributed by atoms with van der Waals surface area (Å²) in [6, 6.07) is 11.3. The van der Waals surface area contributed by atoms with Crippen molar-refractivity contribution in [3.05, 3.63) is 82.2 Å². The highest BCUT2D eigenvalue weighted by Crippen LogP contribution is 2.21. The molecule has 2 aromatic carbocycles. The van der Waals surface area contributed by atoms with Gasteiger partial charge in [-0.25, -0.2) is 9.48 Å². The van der Waals surface area contributed by atoms with Crippen LogP contribution < -0.4 is 0 Å². The highest BCUT2D eigenvalue weighted by Gasteiger charge is 2.17. The minimum Gasteiger partial charge on any atom is -0.454 e. The summed E-state index contributed by atoms with van der Waals surface area (Å²) in [5.74, 6) is -0.772. The standard InChI is InChI=1S/C22H22N2O3/c1-14-10-20(17(4)16(3)15(14)2)21(25)13-27-22(26)18-11-23-24(12-18)19-8-6-5-7-9-19/h5-12H,13H2,1-4H3. The predicted molar refractivity (Wildman–Crippen MR) is 104 cm³/mol. The van der Waals surface area contributed by atoms with Crippen molar-refractivity contribution in [1.29, 1.82) is 0 Å². The van der Waals surface area contributed by atoms with E-state index in [0.29, 0.717) is 11.1 Å². The van der Waals surface area contributed by atoms with Crippen LogP contribution in [0.1, 0.15) is 43.0 Å². The second-order valence-electron chi connectivity index (χ2n) is 6.62. The summed E-state index contributed by atoms with van der Waals surface area (Å²) in [6.07, 6.45) is 3.03. The minimum atomic E-state index is -0.566. The average Bonchev–Trinajstić information content (AvgIpc) is 3.18. The van der Waals surface area contributed by atoms with E-state index in [1.54, 1.807) is 10.9 Å². The third kappa shape index (κ3) is 3.82. The van der Waals surface area contributed by atoms with Gasteiger partial charge in [0.05, 0.1) is 17.4 Å². The van der Waals surface area contributed by atoms with Gasteiger partial charge in [-0.15, -0.1) is 0 Å². The zero-order valence-electron chi connectivity index (χ0n) is 15.9. The third-order valence-electron chi connectivity index (χ3n) is 4.96. The Morgan fingerprint density at radius 1 is 1.00 bits per heavy atom. The number of ketones is 1. The van der Waals surface area contributed by atoms with Gasteiger partial charge in [-0.05, 0) is 68.1 Å². The van der Waals surface area contributed by atoms with Crippen LogP contribution in [-0.4, -0.2) is 28.1 Å². The van der Waals surface area contributed by atoms with Gasteiger partial charge in [-0.3, -0.25) is 4.79 Å². The second-order valence-corrected chi connectivity index (χ2v) is 6.62. The van der Waals surface area contributed by atoms with Gasteiger partial charge in [0.15, 0.2) is 6.61 Å². The number of Topliss-reactive ketones (excluding diaryl/α,β-unsaturated/α-hetero) is 1. The Bertz CT molecular complexity index is 1000. The molecule has 0 radical (unpaired) electrons. The summed E-state index contributed by atoms with van der Waals surface area (Å²) in [6.45, 7) is 7.64. The highest BCUT2D eigenvalue weighted by molar-refractivity contribution is 6.00. The Labute approximate surface area is 158 Å². The fourth-order valence-electron chi connectivity index (χ4n) is 2.94. The van der Waals surface area contributed by atoms with Crippen LogP contribution in [0.4, 0.5) is 0 Å². The van der Waals surface area contributed by atoms with Gasteiger partial charge in [-0.1, -0.05) is 18.2 Å². The molecule has 5 nitrogen and oxygen atoms in total. The van der Waals surface area contributed by atoms with Crippen LogP contribution in [0.2, 0.25) is 0 Å². The first-order valence-electron chi connectivity index (χ1n) is 8.76. The lowest BCUT2D eigenvalue weighted by atomic mass is 9.93. The Morgan fingerprint density at radius 2 is 1.70 bits per heavy atom. The molecular weight excluding hydrogens is 340 g/mol. The number of ether oxygens (including phenoxy) is 1. The van der Waals surface area contributed by atoms with Gasteiger partial charge in [0.2, 0.25) is 5.78 Å². The Hall–Kier alpha value is -3.21. The first-order chi connectivity index (χ1) is 12.9. The molecular formula is C22H22N2O3. The SMILES string of the molecule is Cc1cc(C(=O)COC(=O)c2cnn(-c3ccccc3)c2)c(C)c(C)c1C. The summed E-state index contributed by atoms with van der Waals surface area (Å²) in [4.78, 5) is 24.8. The maximum Gasteiger partial charge on any atom is 0.341 e. The van der Waals surface area contributed by atoms with Crippen molar-refractivity contribution in [2.75, 3.05) is 6.61 Å². The lowest BCUT2D eigenvalue weighted by Crippen LogP contribution is -2.16. The van der Waals surface area contributed by atoms with E-state index in [1.807, 2.05) is 64.1 Å².